The van der Waals surface area contributed by atoms with Gasteiger partial charge in [-0.2, -0.15) is 0 Å². The molecule has 1 aromatic carbocycles. The minimum absolute atomic E-state index is 0.182. The second-order valence-electron chi connectivity index (χ2n) is 5.23. The second-order valence-corrected chi connectivity index (χ2v) is 5.23. The molecule has 1 aliphatic heterocycles. The Hall–Kier alpha value is -1.02. The van der Waals surface area contributed by atoms with Crippen LogP contribution in [0.2, 0.25) is 0 Å². The third-order valence-electron chi connectivity index (χ3n) is 2.74. The van der Waals surface area contributed by atoms with E-state index in [9.17, 15) is 0 Å². The van der Waals surface area contributed by atoms with Crippen LogP contribution >= 0.6 is 0 Å². The molecule has 2 N–H and O–H groups in total. The minimum Gasteiger partial charge on any atom is -0.384 e. The first-order valence-electron chi connectivity index (χ1n) is 5.66. The second kappa shape index (κ2) is 3.86. The van der Waals surface area contributed by atoms with Gasteiger partial charge in [-0.05, 0) is 38.3 Å². The quantitative estimate of drug-likeness (QED) is 0.773. The lowest BCUT2D eigenvalue weighted by molar-refractivity contribution is 0.424. The molecule has 0 radical (unpaired) electrons. The highest BCUT2D eigenvalue weighted by atomic mass is 15.0. The highest BCUT2D eigenvalue weighted by molar-refractivity contribution is 5.61. The van der Waals surface area contributed by atoms with Crippen molar-refractivity contribution in [3.05, 3.63) is 29.3 Å². The van der Waals surface area contributed by atoms with E-state index in [-0.39, 0.29) is 5.54 Å². The smallest absolute Gasteiger partial charge is 0.0419 e. The predicted octanol–water partition coefficient (Wildman–Crippen LogP) is 2.54. The zero-order chi connectivity index (χ0) is 10.9. The zero-order valence-electron chi connectivity index (χ0n) is 9.85. The van der Waals surface area contributed by atoms with E-state index >= 15 is 0 Å². The van der Waals surface area contributed by atoms with Crippen molar-refractivity contribution in [3.63, 3.8) is 0 Å². The molecule has 1 heterocycles. The molecule has 0 bridgehead atoms. The average Bonchev–Trinajstić information content (AvgIpc) is 2.61. The van der Waals surface area contributed by atoms with Crippen LogP contribution in [0.3, 0.4) is 0 Å². The molecule has 0 spiro atoms. The van der Waals surface area contributed by atoms with E-state index in [1.165, 1.54) is 23.2 Å². The lowest BCUT2D eigenvalue weighted by Crippen LogP contribution is -2.35. The Kier molecular flexibility index (Phi) is 2.70. The molecule has 1 aromatic rings. The topological polar surface area (TPSA) is 24.1 Å². The Morgan fingerprint density at radius 2 is 2.13 bits per heavy atom. The van der Waals surface area contributed by atoms with Gasteiger partial charge in [-0.3, -0.25) is 0 Å². The van der Waals surface area contributed by atoms with Crippen LogP contribution in [0.4, 0.5) is 5.69 Å². The van der Waals surface area contributed by atoms with Gasteiger partial charge in [0.15, 0.2) is 0 Å². The van der Waals surface area contributed by atoms with Crippen molar-refractivity contribution >= 4 is 5.69 Å². The van der Waals surface area contributed by atoms with Gasteiger partial charge in [0.1, 0.15) is 0 Å². The third kappa shape index (κ3) is 2.51. The number of benzene rings is 1. The summed E-state index contributed by atoms with van der Waals surface area (Å²) in [6, 6.07) is 6.58. The molecule has 1 aliphatic rings. The highest BCUT2D eigenvalue weighted by Crippen LogP contribution is 2.26. The number of para-hydroxylation sites is 1. The number of hydrogen-bond acceptors (Lipinski definition) is 2. The normalized spacial score (nSPS) is 14.9. The fraction of sp³-hybridized carbons (Fsp3) is 0.538. The molecule has 0 fully saturated rings. The summed E-state index contributed by atoms with van der Waals surface area (Å²) in [6.45, 7) is 8.62. The monoisotopic (exact) mass is 204 g/mol. The van der Waals surface area contributed by atoms with E-state index < -0.39 is 0 Å². The molecular formula is C13H20N2. The lowest BCUT2D eigenvalue weighted by atomic mass is 10.1. The van der Waals surface area contributed by atoms with Gasteiger partial charge in [0.2, 0.25) is 0 Å². The first-order chi connectivity index (χ1) is 7.06. The van der Waals surface area contributed by atoms with Crippen molar-refractivity contribution in [2.45, 2.75) is 39.3 Å². The zero-order valence-corrected chi connectivity index (χ0v) is 9.85. The molecule has 2 rings (SSSR count). The van der Waals surface area contributed by atoms with Crippen molar-refractivity contribution < 1.29 is 0 Å². The van der Waals surface area contributed by atoms with E-state index in [0.29, 0.717) is 0 Å². The molecule has 0 saturated heterocycles. The average molecular weight is 204 g/mol. The van der Waals surface area contributed by atoms with Gasteiger partial charge in [0.05, 0.1) is 0 Å². The maximum Gasteiger partial charge on any atom is 0.0419 e. The van der Waals surface area contributed by atoms with Crippen LogP contribution in [-0.4, -0.2) is 12.1 Å². The molecule has 82 valence electrons. The summed E-state index contributed by atoms with van der Waals surface area (Å²) >= 11 is 0. The standard InChI is InChI=1S/C13H20N2/c1-13(2,3)15-9-11-6-4-5-10-7-8-14-12(10)11/h4-6,14-15H,7-9H2,1-3H3. The molecule has 0 saturated carbocycles. The van der Waals surface area contributed by atoms with E-state index in [1.54, 1.807) is 0 Å². The molecule has 2 heteroatoms. The molecule has 0 amide bonds. The molecule has 2 nitrogen and oxygen atoms in total. The third-order valence-corrected chi connectivity index (χ3v) is 2.74. The number of hydrogen-bond donors (Lipinski definition) is 2. The summed E-state index contributed by atoms with van der Waals surface area (Å²) in [5, 5.41) is 6.99. The molecule has 0 aliphatic carbocycles. The van der Waals surface area contributed by atoms with Crippen molar-refractivity contribution in [1.29, 1.82) is 0 Å². The Bertz CT molecular complexity index is 350. The van der Waals surface area contributed by atoms with Crippen molar-refractivity contribution in [2.75, 3.05) is 11.9 Å². The van der Waals surface area contributed by atoms with Crippen molar-refractivity contribution in [2.24, 2.45) is 0 Å². The largest absolute Gasteiger partial charge is 0.384 e. The summed E-state index contributed by atoms with van der Waals surface area (Å²) in [5.41, 5.74) is 4.39. The molecule has 15 heavy (non-hydrogen) atoms. The van der Waals surface area contributed by atoms with Crippen LogP contribution in [0.25, 0.3) is 0 Å². The van der Waals surface area contributed by atoms with Gasteiger partial charge >= 0.3 is 0 Å². The molecule has 0 aromatic heterocycles. The van der Waals surface area contributed by atoms with E-state index in [4.69, 9.17) is 0 Å². The Morgan fingerprint density at radius 1 is 1.33 bits per heavy atom. The summed E-state index contributed by atoms with van der Waals surface area (Å²) in [6.07, 6.45) is 1.17. The van der Waals surface area contributed by atoms with Gasteiger partial charge in [0, 0.05) is 24.3 Å². The van der Waals surface area contributed by atoms with Crippen molar-refractivity contribution in [1.82, 2.24) is 5.32 Å². The number of fused-ring (bicyclic) bond motifs is 1. The van der Waals surface area contributed by atoms with Crippen LogP contribution in [0.5, 0.6) is 0 Å². The van der Waals surface area contributed by atoms with Crippen molar-refractivity contribution in [3.8, 4) is 0 Å². The van der Waals surface area contributed by atoms with Crippen LogP contribution in [0.1, 0.15) is 31.9 Å². The van der Waals surface area contributed by atoms with Gasteiger partial charge in [-0.15, -0.1) is 0 Å². The Balaban J connectivity index is 2.12. The Labute approximate surface area is 92.1 Å². The number of nitrogens with one attached hydrogen (secondary N) is 2. The fourth-order valence-corrected chi connectivity index (χ4v) is 1.92. The predicted molar refractivity (Wildman–Crippen MR) is 65.2 cm³/mol. The molecule has 0 unspecified atom stereocenters. The minimum atomic E-state index is 0.182. The first kappa shape index (κ1) is 10.5. The van der Waals surface area contributed by atoms with Gasteiger partial charge < -0.3 is 10.6 Å². The van der Waals surface area contributed by atoms with E-state index in [0.717, 1.165) is 13.1 Å². The van der Waals surface area contributed by atoms with Crippen LogP contribution in [0, 0.1) is 0 Å². The lowest BCUT2D eigenvalue weighted by Gasteiger charge is -2.21. The van der Waals surface area contributed by atoms with Crippen LogP contribution < -0.4 is 10.6 Å². The number of anilines is 1. The maximum atomic E-state index is 3.53. The van der Waals surface area contributed by atoms with E-state index in [2.05, 4.69) is 49.6 Å². The van der Waals surface area contributed by atoms with E-state index in [1.807, 2.05) is 0 Å². The summed E-state index contributed by atoms with van der Waals surface area (Å²) < 4.78 is 0. The number of rotatable bonds is 2. The first-order valence-corrected chi connectivity index (χ1v) is 5.66. The van der Waals surface area contributed by atoms with Gasteiger partial charge in [-0.25, -0.2) is 0 Å². The van der Waals surface area contributed by atoms with Gasteiger partial charge in [-0.1, -0.05) is 18.2 Å². The SMILES string of the molecule is CC(C)(C)NCc1cccc2c1NCC2. The Morgan fingerprint density at radius 3 is 2.87 bits per heavy atom. The molecular weight excluding hydrogens is 184 g/mol. The molecule has 0 atom stereocenters. The summed E-state index contributed by atoms with van der Waals surface area (Å²) in [5.74, 6) is 0. The summed E-state index contributed by atoms with van der Waals surface area (Å²) in [4.78, 5) is 0. The van der Waals surface area contributed by atoms with Crippen LogP contribution in [-0.2, 0) is 13.0 Å². The highest BCUT2D eigenvalue weighted by Gasteiger charge is 2.15. The summed E-state index contributed by atoms with van der Waals surface area (Å²) in [7, 11) is 0. The fourth-order valence-electron chi connectivity index (χ4n) is 1.92. The van der Waals surface area contributed by atoms with Gasteiger partial charge in [0.25, 0.3) is 0 Å². The maximum absolute atomic E-state index is 3.53. The van der Waals surface area contributed by atoms with Crippen LogP contribution in [0.15, 0.2) is 18.2 Å².